The number of rotatable bonds is 2. The largest absolute Gasteiger partial charge is 0.369 e. The average Bonchev–Trinajstić information content (AvgIpc) is 2.87. The van der Waals surface area contributed by atoms with Gasteiger partial charge in [0.05, 0.1) is 22.1 Å². The van der Waals surface area contributed by atoms with Gasteiger partial charge in [-0.05, 0) is 22.0 Å². The molecule has 2 N–H and O–H groups in total. The first-order valence-electron chi connectivity index (χ1n) is 5.44. The number of hydrogen-bond donors (Lipinski definition) is 1. The standard InChI is InChI=1S/C11H9BrFN5O/c1-5-15-10(17-19-5)4-18-9-3-7(13)6(12)2-8(9)16-11(18)14/h2-3H,4H2,1H3,(H2,14,16). The molecule has 3 rings (SSSR count). The Kier molecular flexibility index (Phi) is 2.74. The molecule has 0 amide bonds. The van der Waals surface area contributed by atoms with Gasteiger partial charge in [0.2, 0.25) is 11.8 Å². The molecule has 0 unspecified atom stereocenters. The molecular formula is C11H9BrFN5O. The Morgan fingerprint density at radius 2 is 2.21 bits per heavy atom. The summed E-state index contributed by atoms with van der Waals surface area (Å²) in [6, 6.07) is 2.95. The van der Waals surface area contributed by atoms with Crippen molar-refractivity contribution in [3.63, 3.8) is 0 Å². The lowest BCUT2D eigenvalue weighted by Gasteiger charge is -2.03. The van der Waals surface area contributed by atoms with Crippen molar-refractivity contribution in [2.45, 2.75) is 13.5 Å². The molecule has 0 bridgehead atoms. The van der Waals surface area contributed by atoms with Gasteiger partial charge in [-0.1, -0.05) is 5.16 Å². The van der Waals surface area contributed by atoms with Crippen LogP contribution >= 0.6 is 15.9 Å². The van der Waals surface area contributed by atoms with E-state index >= 15 is 0 Å². The van der Waals surface area contributed by atoms with Gasteiger partial charge in [0.25, 0.3) is 0 Å². The van der Waals surface area contributed by atoms with E-state index in [2.05, 4.69) is 31.1 Å². The van der Waals surface area contributed by atoms with Crippen LogP contribution in [-0.2, 0) is 6.54 Å². The highest BCUT2D eigenvalue weighted by Gasteiger charge is 2.14. The van der Waals surface area contributed by atoms with Gasteiger partial charge in [0, 0.05) is 13.0 Å². The second kappa shape index (κ2) is 4.30. The van der Waals surface area contributed by atoms with Crippen LogP contribution in [0, 0.1) is 12.7 Å². The van der Waals surface area contributed by atoms with Crippen molar-refractivity contribution >= 4 is 32.9 Å². The maximum atomic E-state index is 13.6. The molecule has 0 aliphatic carbocycles. The molecule has 0 atom stereocenters. The van der Waals surface area contributed by atoms with Crippen LogP contribution in [0.15, 0.2) is 21.1 Å². The number of nitrogens with two attached hydrogens (primary N) is 1. The molecule has 0 fully saturated rings. The van der Waals surface area contributed by atoms with E-state index in [-0.39, 0.29) is 18.3 Å². The molecule has 8 heteroatoms. The molecule has 0 spiro atoms. The Hall–Kier alpha value is -1.96. The van der Waals surface area contributed by atoms with Crippen molar-refractivity contribution in [2.75, 3.05) is 5.73 Å². The van der Waals surface area contributed by atoms with Crippen LogP contribution < -0.4 is 5.73 Å². The third kappa shape index (κ3) is 2.07. The first kappa shape index (κ1) is 12.1. The van der Waals surface area contributed by atoms with E-state index in [1.807, 2.05) is 0 Å². The second-order valence-corrected chi connectivity index (χ2v) is 4.90. The monoisotopic (exact) mass is 325 g/mol. The van der Waals surface area contributed by atoms with Gasteiger partial charge in [-0.3, -0.25) is 0 Å². The minimum atomic E-state index is -0.377. The lowest BCUT2D eigenvalue weighted by Crippen LogP contribution is -2.06. The first-order chi connectivity index (χ1) is 9.04. The van der Waals surface area contributed by atoms with Gasteiger partial charge in [0.1, 0.15) is 5.82 Å². The maximum absolute atomic E-state index is 13.6. The van der Waals surface area contributed by atoms with Crippen LogP contribution in [0.25, 0.3) is 11.0 Å². The molecule has 3 aromatic rings. The summed E-state index contributed by atoms with van der Waals surface area (Å²) in [5.74, 6) is 0.826. The Labute approximate surface area is 115 Å². The number of hydrogen-bond acceptors (Lipinski definition) is 5. The molecule has 6 nitrogen and oxygen atoms in total. The summed E-state index contributed by atoms with van der Waals surface area (Å²) in [4.78, 5) is 8.26. The average molecular weight is 326 g/mol. The molecule has 1 aromatic carbocycles. The number of anilines is 1. The predicted molar refractivity (Wildman–Crippen MR) is 69.9 cm³/mol. The van der Waals surface area contributed by atoms with Crippen LogP contribution in [0.4, 0.5) is 10.3 Å². The van der Waals surface area contributed by atoms with E-state index in [0.717, 1.165) is 0 Å². The van der Waals surface area contributed by atoms with Crippen LogP contribution in [-0.4, -0.2) is 19.7 Å². The van der Waals surface area contributed by atoms with Crippen LogP contribution in [0.1, 0.15) is 11.7 Å². The molecule has 0 saturated heterocycles. The Morgan fingerprint density at radius 3 is 2.89 bits per heavy atom. The quantitative estimate of drug-likeness (QED) is 0.781. The number of fused-ring (bicyclic) bond motifs is 1. The molecule has 0 aliphatic heterocycles. The fraction of sp³-hybridized carbons (Fsp3) is 0.182. The summed E-state index contributed by atoms with van der Waals surface area (Å²) in [5, 5.41) is 3.79. The Morgan fingerprint density at radius 1 is 1.42 bits per heavy atom. The van der Waals surface area contributed by atoms with Gasteiger partial charge in [0.15, 0.2) is 5.82 Å². The van der Waals surface area contributed by atoms with Crippen molar-refractivity contribution in [3.8, 4) is 0 Å². The summed E-state index contributed by atoms with van der Waals surface area (Å²) >= 11 is 3.12. The van der Waals surface area contributed by atoms with Crippen molar-refractivity contribution in [1.29, 1.82) is 0 Å². The molecule has 0 radical (unpaired) electrons. The highest BCUT2D eigenvalue weighted by atomic mass is 79.9. The van der Waals surface area contributed by atoms with E-state index in [9.17, 15) is 4.39 Å². The lowest BCUT2D eigenvalue weighted by molar-refractivity contribution is 0.386. The van der Waals surface area contributed by atoms with Crippen LogP contribution in [0.5, 0.6) is 0 Å². The van der Waals surface area contributed by atoms with Crippen molar-refractivity contribution in [2.24, 2.45) is 0 Å². The van der Waals surface area contributed by atoms with Gasteiger partial charge < -0.3 is 14.8 Å². The van der Waals surface area contributed by atoms with E-state index in [1.54, 1.807) is 17.6 Å². The van der Waals surface area contributed by atoms with Crippen molar-refractivity contribution in [1.82, 2.24) is 19.7 Å². The zero-order valence-corrected chi connectivity index (χ0v) is 11.5. The van der Waals surface area contributed by atoms with Gasteiger partial charge in [-0.2, -0.15) is 4.98 Å². The highest BCUT2D eigenvalue weighted by Crippen LogP contribution is 2.25. The minimum absolute atomic E-state index is 0.273. The van der Waals surface area contributed by atoms with E-state index in [1.165, 1.54) is 6.07 Å². The lowest BCUT2D eigenvalue weighted by atomic mass is 10.3. The third-order valence-electron chi connectivity index (χ3n) is 2.69. The molecular weight excluding hydrogens is 317 g/mol. The van der Waals surface area contributed by atoms with Crippen LogP contribution in [0.3, 0.4) is 0 Å². The summed E-state index contributed by atoms with van der Waals surface area (Å²) in [6.07, 6.45) is 0. The summed E-state index contributed by atoms with van der Waals surface area (Å²) < 4.78 is 20.5. The fourth-order valence-electron chi connectivity index (χ4n) is 1.85. The van der Waals surface area contributed by atoms with Crippen molar-refractivity contribution < 1.29 is 8.91 Å². The molecule has 98 valence electrons. The van der Waals surface area contributed by atoms with Crippen LogP contribution in [0.2, 0.25) is 0 Å². The molecule has 2 aromatic heterocycles. The number of nitrogens with zero attached hydrogens (tertiary/aromatic N) is 4. The Balaban J connectivity index is 2.12. The van der Waals surface area contributed by atoms with Gasteiger partial charge in [-0.25, -0.2) is 9.37 Å². The SMILES string of the molecule is Cc1nc(Cn2c(N)nc3cc(Br)c(F)cc32)no1. The highest BCUT2D eigenvalue weighted by molar-refractivity contribution is 9.10. The smallest absolute Gasteiger partial charge is 0.223 e. The summed E-state index contributed by atoms with van der Waals surface area (Å²) in [5.41, 5.74) is 7.02. The zero-order valence-electron chi connectivity index (χ0n) is 9.89. The number of halogens is 2. The number of nitrogen functional groups attached to an aromatic ring is 1. The van der Waals surface area contributed by atoms with E-state index in [4.69, 9.17) is 10.3 Å². The molecule has 0 saturated carbocycles. The number of aromatic nitrogens is 4. The number of benzene rings is 1. The van der Waals surface area contributed by atoms with Gasteiger partial charge in [-0.15, -0.1) is 0 Å². The molecule has 0 aliphatic rings. The first-order valence-corrected chi connectivity index (χ1v) is 6.24. The maximum Gasteiger partial charge on any atom is 0.223 e. The topological polar surface area (TPSA) is 82.8 Å². The normalized spacial score (nSPS) is 11.3. The fourth-order valence-corrected chi connectivity index (χ4v) is 2.18. The Bertz CT molecular complexity index is 766. The van der Waals surface area contributed by atoms with Gasteiger partial charge >= 0.3 is 0 Å². The summed E-state index contributed by atoms with van der Waals surface area (Å²) in [7, 11) is 0. The molecule has 19 heavy (non-hydrogen) atoms. The minimum Gasteiger partial charge on any atom is -0.369 e. The van der Waals surface area contributed by atoms with Crippen molar-refractivity contribution in [3.05, 3.63) is 34.1 Å². The third-order valence-corrected chi connectivity index (χ3v) is 3.30. The van der Waals surface area contributed by atoms with E-state index in [0.29, 0.717) is 27.2 Å². The number of imidazole rings is 1. The second-order valence-electron chi connectivity index (χ2n) is 4.04. The van der Waals surface area contributed by atoms with E-state index < -0.39 is 0 Å². The number of aryl methyl sites for hydroxylation is 1. The predicted octanol–water partition coefficient (Wildman–Crippen LogP) is 2.26. The molecule has 2 heterocycles. The summed E-state index contributed by atoms with van der Waals surface area (Å²) in [6.45, 7) is 1.98. The zero-order chi connectivity index (χ0) is 13.6.